The van der Waals surface area contributed by atoms with Crippen molar-refractivity contribution < 1.29 is 18.3 Å². The molecule has 1 fully saturated rings. The van der Waals surface area contributed by atoms with Gasteiger partial charge in [0.25, 0.3) is 0 Å². The van der Waals surface area contributed by atoms with Crippen LogP contribution < -0.4 is 15.4 Å². The number of ether oxygens (including phenoxy) is 1. The summed E-state index contributed by atoms with van der Waals surface area (Å²) in [6.07, 6.45) is 2.03. The fourth-order valence-electron chi connectivity index (χ4n) is 5.06. The van der Waals surface area contributed by atoms with Crippen LogP contribution in [0.3, 0.4) is 0 Å². The van der Waals surface area contributed by atoms with Gasteiger partial charge < -0.3 is 15.4 Å². The second kappa shape index (κ2) is 8.05. The molecule has 176 valence electrons. The SMILES string of the molecule is COc1c(F)cc(CC2NC(=S)NC2=O)c(F)c1-c1cc2c(cc1C)C(C)(C)CCC2(C)C. The van der Waals surface area contributed by atoms with E-state index in [4.69, 9.17) is 17.0 Å². The maximum Gasteiger partial charge on any atom is 0.249 e. The van der Waals surface area contributed by atoms with Gasteiger partial charge in [0.1, 0.15) is 11.9 Å². The number of hydrogen-bond acceptors (Lipinski definition) is 3. The number of halogens is 2. The van der Waals surface area contributed by atoms with E-state index >= 15 is 8.78 Å². The molecule has 7 heteroatoms. The maximum absolute atomic E-state index is 16.0. The number of thiocarbonyl (C=S) groups is 1. The smallest absolute Gasteiger partial charge is 0.249 e. The molecule has 2 aromatic carbocycles. The number of amides is 1. The molecule has 33 heavy (non-hydrogen) atoms. The number of nitrogens with one attached hydrogen (secondary N) is 2. The van der Waals surface area contributed by atoms with E-state index in [1.807, 2.05) is 13.0 Å². The number of hydrogen-bond donors (Lipinski definition) is 2. The molecule has 0 radical (unpaired) electrons. The van der Waals surface area contributed by atoms with E-state index in [0.717, 1.165) is 30.0 Å². The highest BCUT2D eigenvalue weighted by Gasteiger charge is 2.38. The highest BCUT2D eigenvalue weighted by molar-refractivity contribution is 7.80. The average Bonchev–Trinajstić information content (AvgIpc) is 3.04. The molecule has 0 saturated carbocycles. The van der Waals surface area contributed by atoms with Crippen LogP contribution >= 0.6 is 12.2 Å². The van der Waals surface area contributed by atoms with Gasteiger partial charge in [0, 0.05) is 6.42 Å². The van der Waals surface area contributed by atoms with Gasteiger partial charge in [0.15, 0.2) is 16.7 Å². The molecular formula is C26H30F2N2O2S. The summed E-state index contributed by atoms with van der Waals surface area (Å²) in [5.74, 6) is -1.74. The van der Waals surface area contributed by atoms with Crippen molar-refractivity contribution in [3.8, 4) is 16.9 Å². The van der Waals surface area contributed by atoms with Crippen molar-refractivity contribution in [1.29, 1.82) is 0 Å². The maximum atomic E-state index is 16.0. The van der Waals surface area contributed by atoms with Crippen molar-refractivity contribution in [3.63, 3.8) is 0 Å². The number of methoxy groups -OCH3 is 1. The summed E-state index contributed by atoms with van der Waals surface area (Å²) < 4.78 is 36.4. The molecule has 1 aliphatic heterocycles. The summed E-state index contributed by atoms with van der Waals surface area (Å²) in [6, 6.07) is 4.47. The number of benzene rings is 2. The second-order valence-electron chi connectivity index (χ2n) is 10.4. The summed E-state index contributed by atoms with van der Waals surface area (Å²) in [6.45, 7) is 10.8. The second-order valence-corrected chi connectivity index (χ2v) is 10.8. The van der Waals surface area contributed by atoms with E-state index in [9.17, 15) is 4.79 Å². The Morgan fingerprint density at radius 3 is 2.24 bits per heavy atom. The number of rotatable bonds is 4. The van der Waals surface area contributed by atoms with E-state index in [2.05, 4.69) is 44.4 Å². The topological polar surface area (TPSA) is 50.4 Å². The Labute approximate surface area is 199 Å². The van der Waals surface area contributed by atoms with E-state index in [1.165, 1.54) is 12.7 Å². The highest BCUT2D eigenvalue weighted by atomic mass is 32.1. The molecule has 4 nitrogen and oxygen atoms in total. The van der Waals surface area contributed by atoms with Crippen LogP contribution in [0.5, 0.6) is 5.75 Å². The lowest BCUT2D eigenvalue weighted by Crippen LogP contribution is -2.34. The molecule has 2 aliphatic rings. The first kappa shape index (κ1) is 23.6. The van der Waals surface area contributed by atoms with E-state index in [0.29, 0.717) is 5.56 Å². The number of aryl methyl sites for hydroxylation is 1. The van der Waals surface area contributed by atoms with Crippen molar-refractivity contribution in [2.75, 3.05) is 7.11 Å². The van der Waals surface area contributed by atoms with Crippen LogP contribution in [0.2, 0.25) is 0 Å². The Kier molecular flexibility index (Phi) is 5.76. The van der Waals surface area contributed by atoms with Crippen LogP contribution in [0.15, 0.2) is 18.2 Å². The highest BCUT2D eigenvalue weighted by Crippen LogP contribution is 2.49. The van der Waals surface area contributed by atoms with Gasteiger partial charge in [-0.3, -0.25) is 4.79 Å². The molecule has 0 spiro atoms. The fraction of sp³-hybridized carbons (Fsp3) is 0.462. The molecule has 1 heterocycles. The minimum Gasteiger partial charge on any atom is -0.493 e. The first-order chi connectivity index (χ1) is 15.4. The first-order valence-electron chi connectivity index (χ1n) is 11.2. The molecule has 1 unspecified atom stereocenters. The molecule has 0 bridgehead atoms. The quantitative estimate of drug-likeness (QED) is 0.600. The minimum absolute atomic E-state index is 0.00377. The van der Waals surface area contributed by atoms with Gasteiger partial charge in [0.2, 0.25) is 5.91 Å². The van der Waals surface area contributed by atoms with Gasteiger partial charge in [-0.05, 0) is 82.8 Å². The molecule has 1 atom stereocenters. The zero-order chi connectivity index (χ0) is 24.3. The Hall–Kier alpha value is -2.54. The summed E-state index contributed by atoms with van der Waals surface area (Å²) in [5, 5.41) is 5.49. The number of carbonyl (C=O) groups is 1. The van der Waals surface area contributed by atoms with E-state index in [-0.39, 0.29) is 45.1 Å². The lowest BCUT2D eigenvalue weighted by atomic mass is 9.62. The predicted octanol–water partition coefficient (Wildman–Crippen LogP) is 5.21. The van der Waals surface area contributed by atoms with Gasteiger partial charge in [-0.25, -0.2) is 8.78 Å². The monoisotopic (exact) mass is 472 g/mol. The molecule has 1 saturated heterocycles. The molecule has 1 aliphatic carbocycles. The van der Waals surface area contributed by atoms with Gasteiger partial charge in [-0.1, -0.05) is 33.8 Å². The van der Waals surface area contributed by atoms with Crippen molar-refractivity contribution in [2.45, 2.75) is 70.8 Å². The van der Waals surface area contributed by atoms with Crippen LogP contribution in [0.4, 0.5) is 8.78 Å². The zero-order valence-electron chi connectivity index (χ0n) is 19.9. The third kappa shape index (κ3) is 4.01. The Morgan fingerprint density at radius 1 is 1.09 bits per heavy atom. The molecule has 2 aromatic rings. The molecule has 0 aromatic heterocycles. The van der Waals surface area contributed by atoms with E-state index < -0.39 is 17.7 Å². The van der Waals surface area contributed by atoms with Gasteiger partial charge in [-0.15, -0.1) is 0 Å². The molecular weight excluding hydrogens is 442 g/mol. The fourth-order valence-corrected chi connectivity index (χ4v) is 5.31. The summed E-state index contributed by atoms with van der Waals surface area (Å²) in [5.41, 5.74) is 3.95. The van der Waals surface area contributed by atoms with Crippen molar-refractivity contribution in [2.24, 2.45) is 0 Å². The van der Waals surface area contributed by atoms with Gasteiger partial charge in [-0.2, -0.15) is 0 Å². The Balaban J connectivity index is 1.91. The normalized spacial score (nSPS) is 20.8. The Morgan fingerprint density at radius 2 is 1.70 bits per heavy atom. The van der Waals surface area contributed by atoms with E-state index in [1.54, 1.807) is 0 Å². The van der Waals surface area contributed by atoms with Crippen LogP contribution in [-0.4, -0.2) is 24.2 Å². The average molecular weight is 473 g/mol. The lowest BCUT2D eigenvalue weighted by Gasteiger charge is -2.42. The molecule has 2 N–H and O–H groups in total. The number of fused-ring (bicyclic) bond motifs is 1. The first-order valence-corrected chi connectivity index (χ1v) is 11.6. The van der Waals surface area contributed by atoms with Crippen molar-refractivity contribution in [1.82, 2.24) is 10.6 Å². The summed E-state index contributed by atoms with van der Waals surface area (Å²) >= 11 is 4.97. The Bertz CT molecular complexity index is 1170. The standard InChI is InChI=1S/C26H30F2N2O2S/c1-13-9-16-17(26(4,5)8-7-25(16,2)3)12-15(13)20-21(28)14(10-18(27)22(20)32-6)11-19-23(31)30-24(33)29-19/h9-10,12,19H,7-8,11H2,1-6H3,(H2,29,30,31,33). The minimum atomic E-state index is -0.753. The van der Waals surface area contributed by atoms with Crippen molar-refractivity contribution in [3.05, 3.63) is 52.1 Å². The van der Waals surface area contributed by atoms with Crippen LogP contribution in [0.25, 0.3) is 11.1 Å². The lowest BCUT2D eigenvalue weighted by molar-refractivity contribution is -0.120. The summed E-state index contributed by atoms with van der Waals surface area (Å²) in [4.78, 5) is 12.1. The third-order valence-electron chi connectivity index (χ3n) is 7.20. The van der Waals surface area contributed by atoms with Gasteiger partial charge >= 0.3 is 0 Å². The number of carbonyl (C=O) groups excluding carboxylic acids is 1. The van der Waals surface area contributed by atoms with Crippen LogP contribution in [0.1, 0.15) is 62.8 Å². The molecule has 1 amide bonds. The largest absolute Gasteiger partial charge is 0.493 e. The predicted molar refractivity (Wildman–Crippen MR) is 130 cm³/mol. The van der Waals surface area contributed by atoms with Gasteiger partial charge in [0.05, 0.1) is 12.7 Å². The third-order valence-corrected chi connectivity index (χ3v) is 7.42. The van der Waals surface area contributed by atoms with Crippen LogP contribution in [0, 0.1) is 18.6 Å². The molecule has 4 rings (SSSR count). The summed E-state index contributed by atoms with van der Waals surface area (Å²) in [7, 11) is 1.34. The zero-order valence-corrected chi connectivity index (χ0v) is 20.7. The van der Waals surface area contributed by atoms with Crippen LogP contribution in [-0.2, 0) is 22.0 Å². The van der Waals surface area contributed by atoms with Crippen molar-refractivity contribution >= 4 is 23.2 Å².